The number of fused-ring (bicyclic) bond motifs is 2. The monoisotopic (exact) mass is 357 g/mol. The van der Waals surface area contributed by atoms with Gasteiger partial charge in [-0.25, -0.2) is 9.31 Å². The van der Waals surface area contributed by atoms with Crippen molar-refractivity contribution in [2.75, 3.05) is 0 Å². The fourth-order valence-corrected chi connectivity index (χ4v) is 3.43. The van der Waals surface area contributed by atoms with Gasteiger partial charge in [-0.05, 0) is 44.5 Å². The van der Waals surface area contributed by atoms with E-state index < -0.39 is 5.63 Å². The lowest BCUT2D eigenvalue weighted by molar-refractivity contribution is 0.102. The van der Waals surface area contributed by atoms with E-state index in [0.717, 1.165) is 16.6 Å². The standard InChI is InChI=1S/C21H15N3O3/c1-11-8-12(2)24-20(16(11)10-22)18(13(3)25)19(23-24)15-9-14-6-4-5-7-17(14)27-21(15)26/h4-9H,1-3H3. The molecule has 0 aliphatic heterocycles. The average Bonchev–Trinajstić information content (AvgIpc) is 3.02. The summed E-state index contributed by atoms with van der Waals surface area (Å²) in [5.74, 6) is -0.269. The summed E-state index contributed by atoms with van der Waals surface area (Å²) in [4.78, 5) is 25.1. The maximum atomic E-state index is 12.6. The van der Waals surface area contributed by atoms with Crippen LogP contribution in [0.4, 0.5) is 0 Å². The number of hydrogen-bond donors (Lipinski definition) is 0. The van der Waals surface area contributed by atoms with Crippen LogP contribution in [0.5, 0.6) is 0 Å². The predicted octanol–water partition coefficient (Wildman–Crippen LogP) is 3.80. The summed E-state index contributed by atoms with van der Waals surface area (Å²) >= 11 is 0. The third-order valence-corrected chi connectivity index (χ3v) is 4.64. The van der Waals surface area contributed by atoms with Crippen LogP contribution in [0.25, 0.3) is 27.7 Å². The van der Waals surface area contributed by atoms with Crippen LogP contribution in [-0.4, -0.2) is 15.4 Å². The van der Waals surface area contributed by atoms with E-state index in [1.165, 1.54) is 6.92 Å². The Kier molecular flexibility index (Phi) is 3.67. The second kappa shape index (κ2) is 5.92. The number of rotatable bonds is 2. The summed E-state index contributed by atoms with van der Waals surface area (Å²) in [7, 11) is 0. The van der Waals surface area contributed by atoms with Gasteiger partial charge in [-0.1, -0.05) is 18.2 Å². The highest BCUT2D eigenvalue weighted by Crippen LogP contribution is 2.30. The van der Waals surface area contributed by atoms with Crippen LogP contribution >= 0.6 is 0 Å². The summed E-state index contributed by atoms with van der Waals surface area (Å²) in [6.45, 7) is 5.05. The number of benzene rings is 1. The Morgan fingerprint density at radius 1 is 1.22 bits per heavy atom. The van der Waals surface area contributed by atoms with Crippen LogP contribution in [0.2, 0.25) is 0 Å². The normalized spacial score (nSPS) is 11.0. The number of aryl methyl sites for hydroxylation is 2. The minimum Gasteiger partial charge on any atom is -0.422 e. The lowest BCUT2D eigenvalue weighted by Gasteiger charge is -2.05. The van der Waals surface area contributed by atoms with Crippen molar-refractivity contribution in [3.63, 3.8) is 0 Å². The van der Waals surface area contributed by atoms with Gasteiger partial charge in [0.2, 0.25) is 0 Å². The molecular weight excluding hydrogens is 342 g/mol. The molecule has 0 N–H and O–H groups in total. The number of nitriles is 1. The minimum atomic E-state index is -0.576. The van der Waals surface area contributed by atoms with Gasteiger partial charge in [0.25, 0.3) is 0 Å². The molecule has 0 spiro atoms. The van der Waals surface area contributed by atoms with Gasteiger partial charge in [0.05, 0.1) is 22.2 Å². The minimum absolute atomic E-state index is 0.198. The smallest absolute Gasteiger partial charge is 0.345 e. The molecule has 0 unspecified atom stereocenters. The number of hydrogen-bond acceptors (Lipinski definition) is 5. The molecule has 3 aromatic heterocycles. The zero-order valence-electron chi connectivity index (χ0n) is 15.0. The van der Waals surface area contributed by atoms with E-state index in [2.05, 4.69) is 11.2 Å². The highest BCUT2D eigenvalue weighted by Gasteiger charge is 2.25. The molecule has 0 aliphatic rings. The highest BCUT2D eigenvalue weighted by molar-refractivity contribution is 6.08. The van der Waals surface area contributed by atoms with E-state index in [0.29, 0.717) is 16.7 Å². The van der Waals surface area contributed by atoms with Crippen LogP contribution < -0.4 is 5.63 Å². The first-order valence-corrected chi connectivity index (χ1v) is 8.39. The van der Waals surface area contributed by atoms with E-state index in [9.17, 15) is 14.9 Å². The summed E-state index contributed by atoms with van der Waals surface area (Å²) in [5, 5.41) is 14.8. The number of Topliss-reactive ketones (excluding diaryl/α,β-unsaturated/α-hetero) is 1. The van der Waals surface area contributed by atoms with Crippen molar-refractivity contribution in [3.8, 4) is 17.3 Å². The Balaban J connectivity index is 2.18. The highest BCUT2D eigenvalue weighted by atomic mass is 16.4. The average molecular weight is 357 g/mol. The van der Waals surface area contributed by atoms with Crippen molar-refractivity contribution >= 4 is 22.3 Å². The Morgan fingerprint density at radius 2 is 1.96 bits per heavy atom. The van der Waals surface area contributed by atoms with E-state index in [1.54, 1.807) is 22.7 Å². The second-order valence-corrected chi connectivity index (χ2v) is 6.48. The molecule has 0 bridgehead atoms. The van der Waals surface area contributed by atoms with E-state index in [4.69, 9.17) is 4.42 Å². The molecule has 4 aromatic rings. The summed E-state index contributed by atoms with van der Waals surface area (Å²) in [6.07, 6.45) is 0. The van der Waals surface area contributed by atoms with Crippen LogP contribution in [0, 0.1) is 25.2 Å². The van der Waals surface area contributed by atoms with Crippen LogP contribution in [0.15, 0.2) is 45.6 Å². The van der Waals surface area contributed by atoms with Crippen molar-refractivity contribution in [1.29, 1.82) is 5.26 Å². The fourth-order valence-electron chi connectivity index (χ4n) is 3.43. The zero-order chi connectivity index (χ0) is 19.3. The van der Waals surface area contributed by atoms with Gasteiger partial charge < -0.3 is 4.42 Å². The van der Waals surface area contributed by atoms with Crippen molar-refractivity contribution < 1.29 is 9.21 Å². The molecule has 0 atom stereocenters. The van der Waals surface area contributed by atoms with Crippen molar-refractivity contribution in [2.24, 2.45) is 0 Å². The number of aromatic nitrogens is 2. The van der Waals surface area contributed by atoms with E-state index in [-0.39, 0.29) is 22.6 Å². The molecule has 1 aromatic carbocycles. The topological polar surface area (TPSA) is 88.4 Å². The molecule has 0 fully saturated rings. The molecule has 6 nitrogen and oxygen atoms in total. The maximum Gasteiger partial charge on any atom is 0.345 e. The molecule has 27 heavy (non-hydrogen) atoms. The van der Waals surface area contributed by atoms with Crippen LogP contribution in [0.1, 0.15) is 34.1 Å². The SMILES string of the molecule is CC(=O)c1c(-c2cc3ccccc3oc2=O)nn2c(C)cc(C)c(C#N)c12. The molecule has 0 saturated carbocycles. The Bertz CT molecular complexity index is 1350. The van der Waals surface area contributed by atoms with E-state index >= 15 is 0 Å². The lowest BCUT2D eigenvalue weighted by atomic mass is 10.00. The van der Waals surface area contributed by atoms with Crippen molar-refractivity contribution in [1.82, 2.24) is 9.61 Å². The molecule has 6 heteroatoms. The Morgan fingerprint density at radius 3 is 2.67 bits per heavy atom. The number of para-hydroxylation sites is 1. The quantitative estimate of drug-likeness (QED) is 0.402. The van der Waals surface area contributed by atoms with Gasteiger partial charge in [0.1, 0.15) is 17.3 Å². The molecule has 132 valence electrons. The Hall–Kier alpha value is -3.72. The second-order valence-electron chi connectivity index (χ2n) is 6.48. The molecule has 0 saturated heterocycles. The molecule has 0 radical (unpaired) electrons. The van der Waals surface area contributed by atoms with Gasteiger partial charge >= 0.3 is 5.63 Å². The van der Waals surface area contributed by atoms with Gasteiger partial charge in [0, 0.05) is 11.1 Å². The van der Waals surface area contributed by atoms with Gasteiger partial charge in [-0.15, -0.1) is 0 Å². The first-order valence-electron chi connectivity index (χ1n) is 8.39. The van der Waals surface area contributed by atoms with Crippen molar-refractivity contribution in [2.45, 2.75) is 20.8 Å². The molecular formula is C21H15N3O3. The first-order chi connectivity index (χ1) is 12.9. The molecule has 3 heterocycles. The molecule has 0 amide bonds. The number of ketones is 1. The Labute approximate surface area is 154 Å². The molecule has 0 aliphatic carbocycles. The van der Waals surface area contributed by atoms with Gasteiger partial charge in [-0.3, -0.25) is 4.79 Å². The predicted molar refractivity (Wildman–Crippen MR) is 101 cm³/mol. The summed E-state index contributed by atoms with van der Waals surface area (Å²) in [5.41, 5.74) is 2.87. The number of carbonyl (C=O) groups excluding carboxylic acids is 1. The third-order valence-electron chi connectivity index (χ3n) is 4.64. The largest absolute Gasteiger partial charge is 0.422 e. The van der Waals surface area contributed by atoms with Gasteiger partial charge in [-0.2, -0.15) is 10.4 Å². The lowest BCUT2D eigenvalue weighted by Crippen LogP contribution is -2.06. The van der Waals surface area contributed by atoms with E-state index in [1.807, 2.05) is 32.0 Å². The zero-order valence-corrected chi connectivity index (χ0v) is 15.0. The summed E-state index contributed by atoms with van der Waals surface area (Å²) in [6, 6.07) is 12.8. The van der Waals surface area contributed by atoms with Crippen molar-refractivity contribution in [3.05, 3.63) is 69.2 Å². The van der Waals surface area contributed by atoms with Crippen LogP contribution in [-0.2, 0) is 0 Å². The number of carbonyl (C=O) groups is 1. The number of nitrogens with zero attached hydrogens (tertiary/aromatic N) is 3. The van der Waals surface area contributed by atoms with Crippen LogP contribution in [0.3, 0.4) is 0 Å². The first kappa shape index (κ1) is 16.7. The van der Waals surface area contributed by atoms with Gasteiger partial charge in [0.15, 0.2) is 5.78 Å². The fraction of sp³-hybridized carbons (Fsp3) is 0.143. The third kappa shape index (κ3) is 2.44. The summed E-state index contributed by atoms with van der Waals surface area (Å²) < 4.78 is 6.96. The molecule has 4 rings (SSSR count). The maximum absolute atomic E-state index is 12.6. The number of pyridine rings is 1.